The number of nitrogens with one attached hydrogen (secondary N) is 1. The van der Waals surface area contributed by atoms with Crippen LogP contribution in [-0.2, 0) is 4.74 Å². The average molecular weight is 472 g/mol. The van der Waals surface area contributed by atoms with E-state index in [-0.39, 0.29) is 17.8 Å². The molecule has 2 N–H and O–H groups in total. The quantitative estimate of drug-likeness (QED) is 0.310. The molecule has 4 aromatic rings. The molecule has 7 nitrogen and oxygen atoms in total. The summed E-state index contributed by atoms with van der Waals surface area (Å²) >= 11 is 5.70. The molecular formula is C26H21N3O4S. The van der Waals surface area contributed by atoms with Crippen molar-refractivity contribution < 1.29 is 19.1 Å². The van der Waals surface area contributed by atoms with Gasteiger partial charge in [0, 0.05) is 17.4 Å². The minimum Gasteiger partial charge on any atom is -0.508 e. The van der Waals surface area contributed by atoms with Crippen LogP contribution in [0.2, 0.25) is 0 Å². The normalized spacial score (nSPS) is 17.4. The molecule has 2 aromatic carbocycles. The van der Waals surface area contributed by atoms with Gasteiger partial charge < -0.3 is 24.5 Å². The Morgan fingerprint density at radius 2 is 1.82 bits per heavy atom. The maximum atomic E-state index is 12.3. The average Bonchev–Trinajstić information content (AvgIpc) is 3.49. The van der Waals surface area contributed by atoms with Crippen LogP contribution in [-0.4, -0.2) is 28.3 Å². The van der Waals surface area contributed by atoms with E-state index in [1.165, 1.54) is 7.11 Å². The summed E-state index contributed by atoms with van der Waals surface area (Å²) in [7, 11) is 1.35. The van der Waals surface area contributed by atoms with Crippen molar-refractivity contribution in [2.24, 2.45) is 0 Å². The minimum atomic E-state index is -0.436. The number of hydrogen-bond donors (Lipinski definition) is 2. The first-order valence-corrected chi connectivity index (χ1v) is 11.0. The lowest BCUT2D eigenvalue weighted by Crippen LogP contribution is -2.29. The maximum absolute atomic E-state index is 12.3. The van der Waals surface area contributed by atoms with E-state index >= 15 is 0 Å². The van der Waals surface area contributed by atoms with Gasteiger partial charge in [-0.05, 0) is 66.8 Å². The fourth-order valence-electron chi connectivity index (χ4n) is 4.18. The van der Waals surface area contributed by atoms with E-state index in [0.29, 0.717) is 27.8 Å². The molecule has 2 aromatic heterocycles. The smallest absolute Gasteiger partial charge is 0.338 e. The summed E-state index contributed by atoms with van der Waals surface area (Å²) in [5, 5.41) is 13.6. The van der Waals surface area contributed by atoms with Crippen LogP contribution < -0.4 is 10.2 Å². The van der Waals surface area contributed by atoms with E-state index in [1.54, 1.807) is 42.6 Å². The van der Waals surface area contributed by atoms with E-state index in [9.17, 15) is 9.90 Å². The Labute approximate surface area is 201 Å². The van der Waals surface area contributed by atoms with Gasteiger partial charge >= 0.3 is 5.97 Å². The van der Waals surface area contributed by atoms with Gasteiger partial charge in [-0.1, -0.05) is 24.3 Å². The topological polar surface area (TPSA) is 87.8 Å². The summed E-state index contributed by atoms with van der Waals surface area (Å²) in [4.78, 5) is 18.8. The molecule has 3 heterocycles. The van der Waals surface area contributed by atoms with Gasteiger partial charge in [0.2, 0.25) is 0 Å². The van der Waals surface area contributed by atoms with E-state index in [1.807, 2.05) is 47.4 Å². The molecule has 8 heteroatoms. The molecule has 170 valence electrons. The number of aromatic hydroxyl groups is 1. The van der Waals surface area contributed by atoms with E-state index in [4.69, 9.17) is 21.4 Å². The van der Waals surface area contributed by atoms with Crippen LogP contribution in [0.1, 0.15) is 33.9 Å². The highest BCUT2D eigenvalue weighted by Crippen LogP contribution is 2.43. The lowest BCUT2D eigenvalue weighted by atomic mass is 10.0. The van der Waals surface area contributed by atoms with Crippen LogP contribution in [0.5, 0.6) is 5.75 Å². The van der Waals surface area contributed by atoms with Crippen LogP contribution in [0.25, 0.3) is 11.3 Å². The molecule has 2 atom stereocenters. The third-order valence-corrected chi connectivity index (χ3v) is 6.06. The third-order valence-electron chi connectivity index (χ3n) is 5.74. The van der Waals surface area contributed by atoms with Crippen LogP contribution >= 0.6 is 12.2 Å². The second kappa shape index (κ2) is 8.99. The van der Waals surface area contributed by atoms with Crippen LogP contribution in [0, 0.1) is 0 Å². The van der Waals surface area contributed by atoms with Crippen LogP contribution in [0.3, 0.4) is 0 Å². The number of esters is 1. The Balaban J connectivity index is 1.60. The molecule has 0 radical (unpaired) electrons. The van der Waals surface area contributed by atoms with Gasteiger partial charge in [0.05, 0.1) is 24.4 Å². The number of carbonyl (C=O) groups is 1. The molecule has 1 aliphatic heterocycles. The van der Waals surface area contributed by atoms with Crippen molar-refractivity contribution >= 4 is 29.0 Å². The number of pyridine rings is 1. The predicted molar refractivity (Wildman–Crippen MR) is 132 cm³/mol. The molecule has 0 aliphatic carbocycles. The minimum absolute atomic E-state index is 0.166. The number of aromatic nitrogens is 1. The van der Waals surface area contributed by atoms with Crippen molar-refractivity contribution in [3.05, 3.63) is 102 Å². The van der Waals surface area contributed by atoms with Crippen LogP contribution in [0.4, 0.5) is 5.69 Å². The fraction of sp³-hybridized carbons (Fsp3) is 0.115. The molecule has 5 rings (SSSR count). The molecule has 1 fully saturated rings. The second-order valence-electron chi connectivity index (χ2n) is 7.75. The highest BCUT2D eigenvalue weighted by atomic mass is 32.1. The SMILES string of the molecule is COC(=O)c1ccccc1-c1ccc([C@@H]2[C@H](c3ccccn3)NC(=S)N2c2ccc(O)cc2)o1. The largest absolute Gasteiger partial charge is 0.508 e. The maximum Gasteiger partial charge on any atom is 0.338 e. The first-order chi connectivity index (χ1) is 16.6. The summed E-state index contributed by atoms with van der Waals surface area (Å²) in [6, 6.07) is 22.8. The van der Waals surface area contributed by atoms with Gasteiger partial charge in [-0.25, -0.2) is 4.79 Å². The molecular weight excluding hydrogens is 450 g/mol. The van der Waals surface area contributed by atoms with Crippen molar-refractivity contribution in [3.8, 4) is 17.1 Å². The van der Waals surface area contributed by atoms with E-state index in [0.717, 1.165) is 11.4 Å². The van der Waals surface area contributed by atoms with Gasteiger partial charge in [-0.15, -0.1) is 0 Å². The first kappa shape index (κ1) is 21.7. The van der Waals surface area contributed by atoms with E-state index in [2.05, 4.69) is 10.3 Å². The number of phenolic OH excluding ortho intramolecular Hbond substituents is 1. The van der Waals surface area contributed by atoms with Crippen molar-refractivity contribution in [1.82, 2.24) is 10.3 Å². The number of methoxy groups -OCH3 is 1. The molecule has 0 amide bonds. The summed E-state index contributed by atoms with van der Waals surface area (Å²) in [5.41, 5.74) is 2.66. The number of rotatable bonds is 5. The summed E-state index contributed by atoms with van der Waals surface area (Å²) in [5.74, 6) is 0.915. The number of nitrogens with zero attached hydrogens (tertiary/aromatic N) is 2. The lowest BCUT2D eigenvalue weighted by Gasteiger charge is -2.26. The first-order valence-electron chi connectivity index (χ1n) is 10.6. The molecule has 1 saturated heterocycles. The third kappa shape index (κ3) is 3.88. The van der Waals surface area contributed by atoms with Crippen molar-refractivity contribution in [3.63, 3.8) is 0 Å². The summed E-state index contributed by atoms with van der Waals surface area (Å²) in [6.45, 7) is 0. The van der Waals surface area contributed by atoms with Gasteiger partial charge in [-0.2, -0.15) is 0 Å². The van der Waals surface area contributed by atoms with Gasteiger partial charge in [0.1, 0.15) is 23.3 Å². The summed E-state index contributed by atoms with van der Waals surface area (Å²) < 4.78 is 11.3. The Morgan fingerprint density at radius 1 is 1.06 bits per heavy atom. The van der Waals surface area contributed by atoms with E-state index < -0.39 is 5.97 Å². The standard InChI is InChI=1S/C26H21N3O4S/c1-32-25(31)19-7-3-2-6-18(19)21-13-14-22(33-21)24-23(20-8-4-5-15-27-20)28-26(34)29(24)16-9-11-17(30)12-10-16/h2-15,23-24,30H,1H3,(H,28,34)/t23-,24+/m0/s1. The Hall–Kier alpha value is -4.17. The van der Waals surface area contributed by atoms with Crippen molar-refractivity contribution in [2.75, 3.05) is 12.0 Å². The number of benzene rings is 2. The fourth-order valence-corrected chi connectivity index (χ4v) is 4.52. The number of hydrogen-bond acceptors (Lipinski definition) is 6. The Kier molecular flexibility index (Phi) is 5.73. The van der Waals surface area contributed by atoms with Gasteiger partial charge in [-0.3, -0.25) is 4.98 Å². The van der Waals surface area contributed by atoms with Gasteiger partial charge in [0.15, 0.2) is 5.11 Å². The Bertz CT molecular complexity index is 1340. The summed E-state index contributed by atoms with van der Waals surface area (Å²) in [6.07, 6.45) is 1.74. The zero-order chi connectivity index (χ0) is 23.7. The number of phenols is 1. The number of carbonyl (C=O) groups excluding carboxylic acids is 1. The second-order valence-corrected chi connectivity index (χ2v) is 8.14. The molecule has 0 unspecified atom stereocenters. The number of ether oxygens (including phenoxy) is 1. The molecule has 0 spiro atoms. The lowest BCUT2D eigenvalue weighted by molar-refractivity contribution is 0.0601. The zero-order valence-electron chi connectivity index (χ0n) is 18.2. The monoisotopic (exact) mass is 471 g/mol. The van der Waals surface area contributed by atoms with Crippen molar-refractivity contribution in [1.29, 1.82) is 0 Å². The number of thiocarbonyl (C=S) groups is 1. The highest BCUT2D eigenvalue weighted by Gasteiger charge is 2.42. The van der Waals surface area contributed by atoms with Gasteiger partial charge in [0.25, 0.3) is 0 Å². The zero-order valence-corrected chi connectivity index (χ0v) is 19.0. The van der Waals surface area contributed by atoms with Crippen molar-refractivity contribution in [2.45, 2.75) is 12.1 Å². The molecule has 1 aliphatic rings. The number of furan rings is 1. The molecule has 0 bridgehead atoms. The predicted octanol–water partition coefficient (Wildman–Crippen LogP) is 5.01. The molecule has 34 heavy (non-hydrogen) atoms. The van der Waals surface area contributed by atoms with Crippen LogP contribution in [0.15, 0.2) is 89.5 Å². The highest BCUT2D eigenvalue weighted by molar-refractivity contribution is 7.80. The Morgan fingerprint density at radius 3 is 2.56 bits per heavy atom. The molecule has 0 saturated carbocycles. The number of anilines is 1.